The molecule has 0 aliphatic heterocycles. The molecule has 19 heavy (non-hydrogen) atoms. The third kappa shape index (κ3) is 4.10. The van der Waals surface area contributed by atoms with Crippen LogP contribution in [0.15, 0.2) is 42.7 Å². The largest absolute Gasteiger partial charge is 0.352 e. The van der Waals surface area contributed by atoms with Crippen LogP contribution in [0.4, 0.5) is 0 Å². The first kappa shape index (κ1) is 13.6. The SMILES string of the molecule is C[C@H](Cn1cc(Cl)cn1)C(=O)NCc1ccccc1. The van der Waals surface area contributed by atoms with E-state index < -0.39 is 0 Å². The monoisotopic (exact) mass is 277 g/mol. The van der Waals surface area contributed by atoms with Crippen molar-refractivity contribution in [3.63, 3.8) is 0 Å². The van der Waals surface area contributed by atoms with Gasteiger partial charge >= 0.3 is 0 Å². The average molecular weight is 278 g/mol. The molecule has 100 valence electrons. The number of hydrogen-bond acceptors (Lipinski definition) is 2. The van der Waals surface area contributed by atoms with Crippen LogP contribution < -0.4 is 5.32 Å². The molecular formula is C14H16ClN3O. The van der Waals surface area contributed by atoms with E-state index in [1.165, 1.54) is 0 Å². The molecule has 5 heteroatoms. The summed E-state index contributed by atoms with van der Waals surface area (Å²) in [6, 6.07) is 9.83. The van der Waals surface area contributed by atoms with Crippen molar-refractivity contribution >= 4 is 17.5 Å². The van der Waals surface area contributed by atoms with Gasteiger partial charge in [-0.2, -0.15) is 5.10 Å². The minimum Gasteiger partial charge on any atom is -0.352 e. The van der Waals surface area contributed by atoms with E-state index in [1.54, 1.807) is 17.1 Å². The van der Waals surface area contributed by atoms with Gasteiger partial charge in [-0.05, 0) is 5.56 Å². The minimum atomic E-state index is -0.153. The summed E-state index contributed by atoms with van der Waals surface area (Å²) >= 11 is 5.78. The molecule has 2 rings (SSSR count). The smallest absolute Gasteiger partial charge is 0.224 e. The standard InChI is InChI=1S/C14H16ClN3O/c1-11(9-18-10-13(15)8-17-18)14(19)16-7-12-5-3-2-4-6-12/h2-6,8,10-11H,7,9H2,1H3,(H,16,19)/t11-/m1/s1. The van der Waals surface area contributed by atoms with Crippen LogP contribution >= 0.6 is 11.6 Å². The molecule has 1 atom stereocenters. The van der Waals surface area contributed by atoms with E-state index in [-0.39, 0.29) is 11.8 Å². The summed E-state index contributed by atoms with van der Waals surface area (Å²) in [5.74, 6) is -0.143. The number of carbonyl (C=O) groups is 1. The van der Waals surface area contributed by atoms with Crippen LogP contribution in [0.2, 0.25) is 5.02 Å². The van der Waals surface area contributed by atoms with Crippen molar-refractivity contribution < 1.29 is 4.79 Å². The summed E-state index contributed by atoms with van der Waals surface area (Å²) in [5.41, 5.74) is 1.09. The van der Waals surface area contributed by atoms with Crippen LogP contribution in [0.1, 0.15) is 12.5 Å². The second kappa shape index (κ2) is 6.38. The van der Waals surface area contributed by atoms with Gasteiger partial charge in [0.05, 0.1) is 23.7 Å². The molecule has 1 aromatic heterocycles. The van der Waals surface area contributed by atoms with Gasteiger partial charge in [-0.25, -0.2) is 0 Å². The molecule has 0 aliphatic rings. The Hall–Kier alpha value is -1.81. The maximum atomic E-state index is 11.9. The highest BCUT2D eigenvalue weighted by atomic mass is 35.5. The average Bonchev–Trinajstić information content (AvgIpc) is 2.82. The lowest BCUT2D eigenvalue weighted by molar-refractivity contribution is -0.125. The van der Waals surface area contributed by atoms with Gasteiger partial charge in [-0.1, -0.05) is 48.9 Å². The number of benzene rings is 1. The zero-order valence-electron chi connectivity index (χ0n) is 10.7. The van der Waals surface area contributed by atoms with E-state index in [1.807, 2.05) is 37.3 Å². The highest BCUT2D eigenvalue weighted by Crippen LogP contribution is 2.07. The molecule has 0 unspecified atom stereocenters. The predicted molar refractivity (Wildman–Crippen MR) is 74.7 cm³/mol. The van der Waals surface area contributed by atoms with Crippen LogP contribution in [-0.2, 0) is 17.9 Å². The first-order valence-electron chi connectivity index (χ1n) is 6.15. The highest BCUT2D eigenvalue weighted by Gasteiger charge is 2.13. The van der Waals surface area contributed by atoms with E-state index in [0.29, 0.717) is 18.1 Å². The summed E-state index contributed by atoms with van der Waals surface area (Å²) in [6.07, 6.45) is 3.28. The topological polar surface area (TPSA) is 46.9 Å². The van der Waals surface area contributed by atoms with Gasteiger partial charge in [0.2, 0.25) is 5.91 Å². The third-order valence-electron chi connectivity index (χ3n) is 2.82. The van der Waals surface area contributed by atoms with Crippen molar-refractivity contribution in [2.45, 2.75) is 20.0 Å². The zero-order chi connectivity index (χ0) is 13.7. The Kier molecular flexibility index (Phi) is 4.58. The third-order valence-corrected chi connectivity index (χ3v) is 3.01. The van der Waals surface area contributed by atoms with Crippen molar-refractivity contribution in [2.75, 3.05) is 0 Å². The van der Waals surface area contributed by atoms with Crippen molar-refractivity contribution in [3.05, 3.63) is 53.3 Å². The van der Waals surface area contributed by atoms with Crippen molar-refractivity contribution in [1.29, 1.82) is 0 Å². The Morgan fingerprint density at radius 2 is 2.16 bits per heavy atom. The summed E-state index contributed by atoms with van der Waals surface area (Å²) in [7, 11) is 0. The summed E-state index contributed by atoms with van der Waals surface area (Å²) in [6.45, 7) is 2.94. The fourth-order valence-corrected chi connectivity index (χ4v) is 1.92. The zero-order valence-corrected chi connectivity index (χ0v) is 11.5. The predicted octanol–water partition coefficient (Wildman–Crippen LogP) is 2.49. The van der Waals surface area contributed by atoms with Crippen LogP contribution in [0, 0.1) is 5.92 Å². The van der Waals surface area contributed by atoms with Gasteiger partial charge in [-0.3, -0.25) is 9.48 Å². The van der Waals surface area contributed by atoms with Crippen LogP contribution in [-0.4, -0.2) is 15.7 Å². The highest BCUT2D eigenvalue weighted by molar-refractivity contribution is 6.30. The molecule has 0 radical (unpaired) electrons. The molecule has 1 aromatic carbocycles. The van der Waals surface area contributed by atoms with Crippen LogP contribution in [0.3, 0.4) is 0 Å². The molecule has 4 nitrogen and oxygen atoms in total. The van der Waals surface area contributed by atoms with Gasteiger partial charge in [0.15, 0.2) is 0 Å². The fourth-order valence-electron chi connectivity index (χ4n) is 1.76. The molecule has 1 amide bonds. The number of amides is 1. The normalized spacial score (nSPS) is 12.1. The summed E-state index contributed by atoms with van der Waals surface area (Å²) in [4.78, 5) is 11.9. The lowest BCUT2D eigenvalue weighted by atomic mass is 10.1. The number of rotatable bonds is 5. The van der Waals surface area contributed by atoms with E-state index in [2.05, 4.69) is 10.4 Å². The number of hydrogen-bond donors (Lipinski definition) is 1. The first-order chi connectivity index (χ1) is 9.15. The van der Waals surface area contributed by atoms with Gasteiger partial charge in [0.25, 0.3) is 0 Å². The van der Waals surface area contributed by atoms with E-state index in [9.17, 15) is 4.79 Å². The Labute approximate surface area is 117 Å². The van der Waals surface area contributed by atoms with Gasteiger partial charge in [-0.15, -0.1) is 0 Å². The molecule has 0 saturated carbocycles. The second-order valence-electron chi connectivity index (χ2n) is 4.49. The lowest BCUT2D eigenvalue weighted by Gasteiger charge is -2.12. The maximum absolute atomic E-state index is 11.9. The molecule has 2 aromatic rings. The lowest BCUT2D eigenvalue weighted by Crippen LogP contribution is -2.31. The Morgan fingerprint density at radius 3 is 2.79 bits per heavy atom. The van der Waals surface area contributed by atoms with Gasteiger partial charge in [0.1, 0.15) is 0 Å². The Morgan fingerprint density at radius 1 is 1.42 bits per heavy atom. The van der Waals surface area contributed by atoms with E-state index in [4.69, 9.17) is 11.6 Å². The minimum absolute atomic E-state index is 0.00970. The Balaban J connectivity index is 1.82. The van der Waals surface area contributed by atoms with Gasteiger partial charge in [0, 0.05) is 12.7 Å². The van der Waals surface area contributed by atoms with Crippen molar-refractivity contribution in [1.82, 2.24) is 15.1 Å². The number of halogens is 1. The molecule has 0 fully saturated rings. The maximum Gasteiger partial charge on any atom is 0.224 e. The van der Waals surface area contributed by atoms with E-state index >= 15 is 0 Å². The quantitative estimate of drug-likeness (QED) is 0.913. The second-order valence-corrected chi connectivity index (χ2v) is 4.92. The summed E-state index contributed by atoms with van der Waals surface area (Å²) in [5, 5.41) is 7.55. The van der Waals surface area contributed by atoms with Crippen molar-refractivity contribution in [2.24, 2.45) is 5.92 Å². The fraction of sp³-hybridized carbons (Fsp3) is 0.286. The van der Waals surface area contributed by atoms with Crippen LogP contribution in [0.5, 0.6) is 0 Å². The Bertz CT molecular complexity index is 539. The van der Waals surface area contributed by atoms with Crippen molar-refractivity contribution in [3.8, 4) is 0 Å². The number of carbonyl (C=O) groups excluding carboxylic acids is 1. The molecule has 0 spiro atoms. The molecular weight excluding hydrogens is 262 g/mol. The van der Waals surface area contributed by atoms with Gasteiger partial charge < -0.3 is 5.32 Å². The number of nitrogens with zero attached hydrogens (tertiary/aromatic N) is 2. The van der Waals surface area contributed by atoms with E-state index in [0.717, 1.165) is 5.56 Å². The molecule has 0 aliphatic carbocycles. The molecule has 0 saturated heterocycles. The first-order valence-corrected chi connectivity index (χ1v) is 6.52. The number of aromatic nitrogens is 2. The molecule has 1 N–H and O–H groups in total. The molecule has 0 bridgehead atoms. The van der Waals surface area contributed by atoms with Crippen LogP contribution in [0.25, 0.3) is 0 Å². The summed E-state index contributed by atoms with van der Waals surface area (Å²) < 4.78 is 1.68. The molecule has 1 heterocycles. The number of nitrogens with one attached hydrogen (secondary N) is 1.